The molecule has 0 aromatic heterocycles. The summed E-state index contributed by atoms with van der Waals surface area (Å²) >= 11 is 19.1. The molecule has 0 unspecified atom stereocenters. The van der Waals surface area contributed by atoms with E-state index in [0.29, 0.717) is 27.1 Å². The lowest BCUT2D eigenvalue weighted by molar-refractivity contribution is -0.140. The van der Waals surface area contributed by atoms with Gasteiger partial charge in [0.1, 0.15) is 12.6 Å². The van der Waals surface area contributed by atoms with Gasteiger partial charge in [0.2, 0.25) is 11.8 Å². The Balaban J connectivity index is 2.09. The highest BCUT2D eigenvalue weighted by molar-refractivity contribution is 7.92. The van der Waals surface area contributed by atoms with Crippen LogP contribution in [0.15, 0.2) is 77.7 Å². The Hall–Kier alpha value is -2.78. The molecule has 11 heteroatoms. The molecule has 0 saturated carbocycles. The van der Waals surface area contributed by atoms with E-state index in [0.717, 1.165) is 4.31 Å². The molecule has 3 rings (SSSR count). The van der Waals surface area contributed by atoms with Gasteiger partial charge in [0.05, 0.1) is 10.6 Å². The van der Waals surface area contributed by atoms with Gasteiger partial charge >= 0.3 is 0 Å². The summed E-state index contributed by atoms with van der Waals surface area (Å²) < 4.78 is 28.6. The van der Waals surface area contributed by atoms with Gasteiger partial charge < -0.3 is 10.2 Å². The maximum atomic E-state index is 14.1. The molecule has 2 amide bonds. The third kappa shape index (κ3) is 7.69. The van der Waals surface area contributed by atoms with E-state index < -0.39 is 28.5 Å². The summed E-state index contributed by atoms with van der Waals surface area (Å²) in [6.07, 6.45) is 0.975. The minimum Gasteiger partial charge on any atom is -0.352 e. The van der Waals surface area contributed by atoms with Gasteiger partial charge in [-0.2, -0.15) is 0 Å². The first-order valence-electron chi connectivity index (χ1n) is 12.9. The summed E-state index contributed by atoms with van der Waals surface area (Å²) in [7, 11) is -4.19. The largest absolute Gasteiger partial charge is 0.352 e. The van der Waals surface area contributed by atoms with Crippen molar-refractivity contribution in [3.05, 3.63) is 93.4 Å². The van der Waals surface area contributed by atoms with E-state index in [1.165, 1.54) is 23.1 Å². The van der Waals surface area contributed by atoms with Crippen LogP contribution in [0.1, 0.15) is 39.2 Å². The van der Waals surface area contributed by atoms with Crippen LogP contribution in [0.2, 0.25) is 15.1 Å². The van der Waals surface area contributed by atoms with Crippen molar-refractivity contribution < 1.29 is 18.0 Å². The number of carbonyl (C=O) groups excluding carboxylic acids is 2. The average Bonchev–Trinajstić information content (AvgIpc) is 2.93. The first-order valence-corrected chi connectivity index (χ1v) is 15.4. The molecular weight excluding hydrogens is 593 g/mol. The van der Waals surface area contributed by atoms with Crippen molar-refractivity contribution in [3.8, 4) is 0 Å². The Morgan fingerprint density at radius 2 is 1.50 bits per heavy atom. The smallest absolute Gasteiger partial charge is 0.264 e. The number of carbonyl (C=O) groups is 2. The maximum Gasteiger partial charge on any atom is 0.264 e. The zero-order valence-corrected chi connectivity index (χ0v) is 25.6. The molecule has 0 bridgehead atoms. The summed E-state index contributed by atoms with van der Waals surface area (Å²) in [5.41, 5.74) is 0.659. The molecule has 0 aliphatic heterocycles. The maximum absolute atomic E-state index is 14.1. The molecule has 0 aliphatic carbocycles. The summed E-state index contributed by atoms with van der Waals surface area (Å²) in [4.78, 5) is 28.8. The molecule has 40 heavy (non-hydrogen) atoms. The number of hydrogen-bond donors (Lipinski definition) is 1. The second-order valence-electron chi connectivity index (χ2n) is 9.27. The zero-order chi connectivity index (χ0) is 29.4. The Kier molecular flexibility index (Phi) is 11.3. The molecule has 1 N–H and O–H groups in total. The third-order valence-corrected chi connectivity index (χ3v) is 9.21. The van der Waals surface area contributed by atoms with E-state index in [1.807, 2.05) is 13.8 Å². The Morgan fingerprint density at radius 1 is 0.875 bits per heavy atom. The molecule has 2 atom stereocenters. The highest BCUT2D eigenvalue weighted by atomic mass is 35.5. The normalized spacial score (nSPS) is 12.8. The van der Waals surface area contributed by atoms with Crippen molar-refractivity contribution in [2.75, 3.05) is 10.8 Å². The van der Waals surface area contributed by atoms with E-state index in [1.54, 1.807) is 61.5 Å². The fourth-order valence-electron chi connectivity index (χ4n) is 4.09. The van der Waals surface area contributed by atoms with Crippen LogP contribution in [-0.4, -0.2) is 43.8 Å². The topological polar surface area (TPSA) is 86.8 Å². The number of benzene rings is 3. The second kappa shape index (κ2) is 14.2. The molecule has 214 valence electrons. The van der Waals surface area contributed by atoms with Gasteiger partial charge in [0, 0.05) is 33.2 Å². The fourth-order valence-corrected chi connectivity index (χ4v) is 6.22. The number of nitrogens with one attached hydrogen (secondary N) is 1. The Morgan fingerprint density at radius 3 is 2.08 bits per heavy atom. The molecule has 3 aromatic rings. The van der Waals surface area contributed by atoms with E-state index in [4.69, 9.17) is 34.8 Å². The standard InChI is InChI=1S/C29H32Cl3N3O4S/c1-4-20(3)33-29(37)27(5-2)34(18-24-25(31)15-10-16-26(24)32)28(36)19-35(22-12-9-11-21(30)17-22)40(38,39)23-13-7-6-8-14-23/h6-17,20,27H,4-5,18-19H2,1-3H3,(H,33,37)/t20-,27-/m1/s1. The van der Waals surface area contributed by atoms with E-state index in [-0.39, 0.29) is 35.5 Å². The number of sulfonamides is 1. The van der Waals surface area contributed by atoms with Gasteiger partial charge in [-0.25, -0.2) is 8.42 Å². The van der Waals surface area contributed by atoms with Crippen molar-refractivity contribution in [1.82, 2.24) is 10.2 Å². The van der Waals surface area contributed by atoms with Crippen LogP contribution in [-0.2, 0) is 26.2 Å². The lowest BCUT2D eigenvalue weighted by Crippen LogP contribution is -2.53. The van der Waals surface area contributed by atoms with Gasteiger partial charge in [0.15, 0.2) is 0 Å². The molecule has 0 saturated heterocycles. The van der Waals surface area contributed by atoms with Crippen molar-refractivity contribution >= 4 is 62.3 Å². The lowest BCUT2D eigenvalue weighted by Gasteiger charge is -2.34. The summed E-state index contributed by atoms with van der Waals surface area (Å²) in [6, 6.07) is 18.0. The monoisotopic (exact) mass is 623 g/mol. The highest BCUT2D eigenvalue weighted by Crippen LogP contribution is 2.29. The van der Waals surface area contributed by atoms with Crippen molar-refractivity contribution in [3.63, 3.8) is 0 Å². The molecule has 0 spiro atoms. The molecule has 0 radical (unpaired) electrons. The van der Waals surface area contributed by atoms with Crippen molar-refractivity contribution in [2.24, 2.45) is 0 Å². The minimum absolute atomic E-state index is 0.00466. The van der Waals surface area contributed by atoms with Crippen LogP contribution in [0.4, 0.5) is 5.69 Å². The predicted octanol–water partition coefficient (Wildman–Crippen LogP) is 6.56. The second-order valence-corrected chi connectivity index (χ2v) is 12.4. The van der Waals surface area contributed by atoms with Gasteiger partial charge in [-0.3, -0.25) is 13.9 Å². The number of rotatable bonds is 12. The Bertz CT molecular complexity index is 1420. The molecule has 0 fully saturated rings. The molecule has 0 aliphatic rings. The van der Waals surface area contributed by atoms with Crippen molar-refractivity contribution in [1.29, 1.82) is 0 Å². The SMILES string of the molecule is CC[C@@H](C)NC(=O)[C@@H](CC)N(Cc1c(Cl)cccc1Cl)C(=O)CN(c1cccc(Cl)c1)S(=O)(=O)c1ccccc1. The molecule has 3 aromatic carbocycles. The van der Waals surface area contributed by atoms with Gasteiger partial charge in [-0.15, -0.1) is 0 Å². The van der Waals surface area contributed by atoms with Crippen LogP contribution in [0.25, 0.3) is 0 Å². The lowest BCUT2D eigenvalue weighted by atomic mass is 10.1. The number of anilines is 1. The number of nitrogens with zero attached hydrogens (tertiary/aromatic N) is 2. The predicted molar refractivity (Wildman–Crippen MR) is 161 cm³/mol. The van der Waals surface area contributed by atoms with E-state index in [9.17, 15) is 18.0 Å². The van der Waals surface area contributed by atoms with Gasteiger partial charge in [0.25, 0.3) is 10.0 Å². The van der Waals surface area contributed by atoms with Crippen molar-refractivity contribution in [2.45, 2.75) is 57.1 Å². The van der Waals surface area contributed by atoms with E-state index >= 15 is 0 Å². The third-order valence-electron chi connectivity index (χ3n) is 6.48. The average molecular weight is 625 g/mol. The first-order chi connectivity index (χ1) is 19.0. The number of halogens is 3. The van der Waals surface area contributed by atoms with Gasteiger partial charge in [-0.05, 0) is 62.2 Å². The zero-order valence-electron chi connectivity index (χ0n) is 22.5. The fraction of sp³-hybridized carbons (Fsp3) is 0.310. The summed E-state index contributed by atoms with van der Waals surface area (Å²) in [6.45, 7) is 4.90. The van der Waals surface area contributed by atoms with Crippen LogP contribution in [0.5, 0.6) is 0 Å². The van der Waals surface area contributed by atoms with Crippen LogP contribution in [0, 0.1) is 0 Å². The minimum atomic E-state index is -4.19. The van der Waals surface area contributed by atoms with Crippen LogP contribution in [0.3, 0.4) is 0 Å². The molecule has 7 nitrogen and oxygen atoms in total. The summed E-state index contributed by atoms with van der Waals surface area (Å²) in [5, 5.41) is 3.88. The first kappa shape index (κ1) is 31.7. The molecule has 0 heterocycles. The summed E-state index contributed by atoms with van der Waals surface area (Å²) in [5.74, 6) is -0.963. The number of amides is 2. The van der Waals surface area contributed by atoms with Crippen LogP contribution >= 0.6 is 34.8 Å². The van der Waals surface area contributed by atoms with E-state index in [2.05, 4.69) is 5.32 Å². The number of hydrogen-bond acceptors (Lipinski definition) is 4. The van der Waals surface area contributed by atoms with Crippen LogP contribution < -0.4 is 9.62 Å². The highest BCUT2D eigenvalue weighted by Gasteiger charge is 2.34. The van der Waals surface area contributed by atoms with Gasteiger partial charge in [-0.1, -0.05) is 79.0 Å². The molecular formula is C29H32Cl3N3O4S. The Labute approximate surface area is 251 Å². The quantitative estimate of drug-likeness (QED) is 0.247.